The lowest BCUT2D eigenvalue weighted by molar-refractivity contribution is -0.0551. The Morgan fingerprint density at radius 1 is 1.23 bits per heavy atom. The first kappa shape index (κ1) is 24.9. The first-order valence-electron chi connectivity index (χ1n) is 9.86. The number of hydrogen-bond donors (Lipinski definition) is 6. The van der Waals surface area contributed by atoms with Crippen LogP contribution in [0, 0.1) is 0 Å². The van der Waals surface area contributed by atoms with Crippen LogP contribution in [0.2, 0.25) is 0 Å². The summed E-state index contributed by atoms with van der Waals surface area (Å²) in [5, 5.41) is 29.2. The average molecular weight is 450 g/mol. The van der Waals surface area contributed by atoms with E-state index in [-0.39, 0.29) is 18.4 Å². The molecule has 0 amide bonds. The Bertz CT molecular complexity index is 898. The van der Waals surface area contributed by atoms with Crippen LogP contribution in [0.25, 0.3) is 0 Å². The molecule has 1 saturated heterocycles. The minimum atomic E-state index is -4.46. The maximum Gasteiger partial charge on any atom is 0.359 e. The van der Waals surface area contributed by atoms with Gasteiger partial charge < -0.3 is 34.5 Å². The zero-order chi connectivity index (χ0) is 22.9. The van der Waals surface area contributed by atoms with Crippen LogP contribution < -0.4 is 11.2 Å². The van der Waals surface area contributed by atoms with Crippen molar-refractivity contribution >= 4 is 7.60 Å². The molecule has 2 rings (SSSR count). The molecule has 6 N–H and O–H groups in total. The van der Waals surface area contributed by atoms with Crippen molar-refractivity contribution in [1.29, 1.82) is 0 Å². The molecule has 0 spiro atoms. The van der Waals surface area contributed by atoms with E-state index in [0.717, 1.165) is 6.20 Å². The summed E-state index contributed by atoms with van der Waals surface area (Å²) in [5.74, 6) is 0. The van der Waals surface area contributed by atoms with Gasteiger partial charge in [-0.2, -0.15) is 0 Å². The lowest BCUT2D eigenvalue weighted by Crippen LogP contribution is -2.40. The Morgan fingerprint density at radius 2 is 1.87 bits per heavy atom. The second-order valence-electron chi connectivity index (χ2n) is 8.19. The first-order chi connectivity index (χ1) is 13.8. The largest absolute Gasteiger partial charge is 0.388 e. The van der Waals surface area contributed by atoms with Gasteiger partial charge in [-0.05, 0) is 26.7 Å². The first-order valence-corrected chi connectivity index (χ1v) is 11.4. The van der Waals surface area contributed by atoms with Gasteiger partial charge in [-0.15, -0.1) is 0 Å². The zero-order valence-electron chi connectivity index (χ0n) is 17.5. The number of aliphatic hydroxyl groups is 3. The molecule has 0 aliphatic carbocycles. The van der Waals surface area contributed by atoms with Gasteiger partial charge in [-0.3, -0.25) is 14.3 Å². The Kier molecular flexibility index (Phi) is 7.51. The molecular formula is C18H31N2O9P. The molecule has 1 aromatic heterocycles. The zero-order valence-corrected chi connectivity index (χ0v) is 18.4. The van der Waals surface area contributed by atoms with E-state index in [2.05, 4.69) is 4.98 Å². The summed E-state index contributed by atoms with van der Waals surface area (Å²) in [6, 6.07) is 0. The van der Waals surface area contributed by atoms with Gasteiger partial charge in [0.2, 0.25) is 0 Å². The number of aromatic amines is 2. The molecule has 1 fully saturated rings. The standard InChI is InChI=1S/C18H31N2O9P/c1-5-7-17(3,29-30(26,27)18(4,25)6-2)8-11-12(21)13(22)14(28-11)10-9-19-16(24)20-15(10)23/h9,11-14,21-22,25H,5-8H2,1-4H3,(H,26,27)(H2,19,20,23,24)/t11-,12-,13-,14+,17?,18?/m1/s1. The van der Waals surface area contributed by atoms with Gasteiger partial charge in [-0.1, -0.05) is 20.3 Å². The van der Waals surface area contributed by atoms with Crippen LogP contribution in [-0.2, 0) is 13.8 Å². The van der Waals surface area contributed by atoms with Crippen LogP contribution in [0.15, 0.2) is 15.8 Å². The van der Waals surface area contributed by atoms with Crippen molar-refractivity contribution in [2.75, 3.05) is 0 Å². The molecule has 1 aromatic rings. The molecule has 12 heteroatoms. The van der Waals surface area contributed by atoms with Crippen molar-refractivity contribution in [3.8, 4) is 0 Å². The highest BCUT2D eigenvalue weighted by molar-refractivity contribution is 7.54. The average Bonchev–Trinajstić information content (AvgIpc) is 2.89. The number of hydrogen-bond acceptors (Lipinski definition) is 8. The Morgan fingerprint density at radius 3 is 2.40 bits per heavy atom. The van der Waals surface area contributed by atoms with Crippen LogP contribution in [0.4, 0.5) is 0 Å². The Labute approximate surface area is 173 Å². The fraction of sp³-hybridized carbons (Fsp3) is 0.778. The van der Waals surface area contributed by atoms with Gasteiger partial charge in [0.05, 0.1) is 17.3 Å². The summed E-state index contributed by atoms with van der Waals surface area (Å²) in [6.45, 7) is 6.16. The van der Waals surface area contributed by atoms with E-state index in [1.807, 2.05) is 11.9 Å². The SMILES string of the molecule is CCCC(C)(C[C@H]1O[C@@H](c2c[nH]c(=O)[nH]c2=O)[C@H](O)[C@@H]1O)OP(=O)(O)C(C)(O)CC. The van der Waals surface area contributed by atoms with Gasteiger partial charge in [-0.25, -0.2) is 4.79 Å². The number of ether oxygens (including phenoxy) is 1. The van der Waals surface area contributed by atoms with Crippen LogP contribution >= 0.6 is 7.60 Å². The van der Waals surface area contributed by atoms with Crippen molar-refractivity contribution < 1.29 is 34.0 Å². The van der Waals surface area contributed by atoms with Crippen LogP contribution in [0.1, 0.15) is 65.0 Å². The summed E-state index contributed by atoms with van der Waals surface area (Å²) < 4.78 is 23.9. The van der Waals surface area contributed by atoms with Crippen molar-refractivity contribution in [3.05, 3.63) is 32.6 Å². The summed E-state index contributed by atoms with van der Waals surface area (Å²) in [4.78, 5) is 37.9. The number of aromatic nitrogens is 2. The molecule has 1 aliphatic rings. The smallest absolute Gasteiger partial charge is 0.359 e. The monoisotopic (exact) mass is 450 g/mol. The third-order valence-electron chi connectivity index (χ3n) is 5.55. The molecule has 0 bridgehead atoms. The molecule has 11 nitrogen and oxygen atoms in total. The molecule has 0 saturated carbocycles. The van der Waals surface area contributed by atoms with Crippen LogP contribution in [-0.4, -0.2) is 59.4 Å². The molecular weight excluding hydrogens is 419 g/mol. The summed E-state index contributed by atoms with van der Waals surface area (Å²) in [7, 11) is -4.46. The Hall–Kier alpha value is -1.33. The molecule has 30 heavy (non-hydrogen) atoms. The van der Waals surface area contributed by atoms with Gasteiger partial charge >= 0.3 is 13.3 Å². The molecule has 3 unspecified atom stereocenters. The van der Waals surface area contributed by atoms with Crippen molar-refractivity contribution in [3.63, 3.8) is 0 Å². The molecule has 7 atom stereocenters. The highest BCUT2D eigenvalue weighted by atomic mass is 31.2. The second kappa shape index (κ2) is 9.04. The third kappa shape index (κ3) is 5.11. The van der Waals surface area contributed by atoms with E-state index < -0.39 is 54.2 Å². The van der Waals surface area contributed by atoms with Gasteiger partial charge in [0.15, 0.2) is 5.34 Å². The summed E-state index contributed by atoms with van der Waals surface area (Å²) in [6.07, 6.45) is -3.23. The molecule has 0 radical (unpaired) electrons. The van der Waals surface area contributed by atoms with E-state index in [4.69, 9.17) is 9.26 Å². The predicted octanol–water partition coefficient (Wildman–Crippen LogP) is 0.494. The van der Waals surface area contributed by atoms with Crippen LogP contribution in [0.5, 0.6) is 0 Å². The highest BCUT2D eigenvalue weighted by Gasteiger charge is 2.51. The second-order valence-corrected chi connectivity index (χ2v) is 10.4. The minimum absolute atomic E-state index is 0.0126. The van der Waals surface area contributed by atoms with Crippen molar-refractivity contribution in [2.45, 2.75) is 88.7 Å². The quantitative estimate of drug-likeness (QED) is 0.292. The molecule has 1 aliphatic heterocycles. The van der Waals surface area contributed by atoms with E-state index in [1.54, 1.807) is 13.8 Å². The van der Waals surface area contributed by atoms with E-state index in [1.165, 1.54) is 6.92 Å². The number of nitrogens with one attached hydrogen (secondary N) is 2. The van der Waals surface area contributed by atoms with E-state index in [0.29, 0.717) is 12.8 Å². The number of rotatable bonds is 9. The van der Waals surface area contributed by atoms with Crippen molar-refractivity contribution in [2.24, 2.45) is 0 Å². The van der Waals surface area contributed by atoms with E-state index >= 15 is 0 Å². The lowest BCUT2D eigenvalue weighted by Gasteiger charge is -2.38. The third-order valence-corrected chi connectivity index (χ3v) is 7.77. The highest BCUT2D eigenvalue weighted by Crippen LogP contribution is 2.59. The minimum Gasteiger partial charge on any atom is -0.388 e. The fourth-order valence-corrected chi connectivity index (χ4v) is 4.90. The molecule has 172 valence electrons. The Balaban J connectivity index is 2.27. The number of aliphatic hydroxyl groups excluding tert-OH is 2. The summed E-state index contributed by atoms with van der Waals surface area (Å²) >= 11 is 0. The lowest BCUT2D eigenvalue weighted by atomic mass is 9.90. The predicted molar refractivity (Wildman–Crippen MR) is 107 cm³/mol. The van der Waals surface area contributed by atoms with Crippen molar-refractivity contribution in [1.82, 2.24) is 9.97 Å². The van der Waals surface area contributed by atoms with E-state index in [9.17, 15) is 34.4 Å². The fourth-order valence-electron chi connectivity index (χ4n) is 3.54. The van der Waals surface area contributed by atoms with Gasteiger partial charge in [0, 0.05) is 12.6 Å². The number of H-pyrrole nitrogens is 2. The molecule has 2 heterocycles. The normalized spacial score (nSPS) is 30.4. The summed E-state index contributed by atoms with van der Waals surface area (Å²) in [5.41, 5.74) is -2.82. The maximum atomic E-state index is 12.7. The van der Waals surface area contributed by atoms with Gasteiger partial charge in [0.25, 0.3) is 5.56 Å². The van der Waals surface area contributed by atoms with Gasteiger partial charge in [0.1, 0.15) is 18.3 Å². The van der Waals surface area contributed by atoms with Crippen LogP contribution in [0.3, 0.4) is 0 Å². The maximum absolute atomic E-state index is 12.7. The topological polar surface area (TPSA) is 182 Å². The molecule has 0 aromatic carbocycles.